The highest BCUT2D eigenvalue weighted by molar-refractivity contribution is 5.85. The van der Waals surface area contributed by atoms with Gasteiger partial charge in [-0.1, -0.05) is 18.2 Å². The van der Waals surface area contributed by atoms with Crippen LogP contribution in [0, 0.1) is 19.8 Å². The van der Waals surface area contributed by atoms with E-state index in [1.54, 1.807) is 0 Å². The van der Waals surface area contributed by atoms with E-state index >= 15 is 0 Å². The van der Waals surface area contributed by atoms with E-state index in [0.717, 1.165) is 19.0 Å². The van der Waals surface area contributed by atoms with Gasteiger partial charge in [0.05, 0.1) is 0 Å². The minimum atomic E-state index is 0. The van der Waals surface area contributed by atoms with E-state index in [4.69, 9.17) is 0 Å². The molecule has 0 spiro atoms. The van der Waals surface area contributed by atoms with E-state index < -0.39 is 0 Å². The van der Waals surface area contributed by atoms with Gasteiger partial charge in [-0.25, -0.2) is 0 Å². The van der Waals surface area contributed by atoms with Crippen LogP contribution in [-0.2, 0) is 6.54 Å². The second-order valence-corrected chi connectivity index (χ2v) is 5.37. The lowest BCUT2D eigenvalue weighted by Gasteiger charge is -2.16. The maximum atomic E-state index is 3.28. The lowest BCUT2D eigenvalue weighted by atomic mass is 10.1. The molecule has 2 rings (SSSR count). The molecular weight excluding hydrogens is 244 g/mol. The average molecular weight is 269 g/mol. The Morgan fingerprint density at radius 3 is 2.72 bits per heavy atom. The molecule has 1 unspecified atom stereocenters. The summed E-state index contributed by atoms with van der Waals surface area (Å²) >= 11 is 0. The lowest BCUT2D eigenvalue weighted by molar-refractivity contribution is 0.315. The van der Waals surface area contributed by atoms with Crippen LogP contribution >= 0.6 is 12.4 Å². The van der Waals surface area contributed by atoms with Crippen molar-refractivity contribution in [1.82, 2.24) is 10.2 Å². The molecule has 18 heavy (non-hydrogen) atoms. The molecule has 1 aromatic rings. The molecule has 0 radical (unpaired) electrons. The van der Waals surface area contributed by atoms with Gasteiger partial charge in [0.1, 0.15) is 0 Å². The first-order valence-corrected chi connectivity index (χ1v) is 6.62. The Morgan fingerprint density at radius 1 is 1.28 bits per heavy atom. The van der Waals surface area contributed by atoms with Crippen molar-refractivity contribution in [3.63, 3.8) is 0 Å². The van der Waals surface area contributed by atoms with Crippen molar-refractivity contribution in [2.24, 2.45) is 5.92 Å². The molecule has 1 fully saturated rings. The smallest absolute Gasteiger partial charge is 0.0233 e. The van der Waals surface area contributed by atoms with E-state index in [0.29, 0.717) is 0 Å². The first-order chi connectivity index (χ1) is 8.19. The number of aryl methyl sites for hydroxylation is 2. The fourth-order valence-corrected chi connectivity index (χ4v) is 2.67. The maximum Gasteiger partial charge on any atom is 0.0233 e. The van der Waals surface area contributed by atoms with Crippen molar-refractivity contribution in [3.8, 4) is 0 Å². The van der Waals surface area contributed by atoms with Crippen molar-refractivity contribution >= 4 is 12.4 Å². The van der Waals surface area contributed by atoms with Crippen LogP contribution < -0.4 is 5.32 Å². The van der Waals surface area contributed by atoms with E-state index in [9.17, 15) is 0 Å². The molecule has 1 aliphatic rings. The zero-order chi connectivity index (χ0) is 12.3. The van der Waals surface area contributed by atoms with Crippen molar-refractivity contribution in [3.05, 3.63) is 34.9 Å². The summed E-state index contributed by atoms with van der Waals surface area (Å²) in [4.78, 5) is 2.58. The van der Waals surface area contributed by atoms with Crippen LogP contribution in [0.4, 0.5) is 0 Å². The number of nitrogens with zero attached hydrogens (tertiary/aromatic N) is 1. The van der Waals surface area contributed by atoms with Gasteiger partial charge in [0.25, 0.3) is 0 Å². The van der Waals surface area contributed by atoms with Gasteiger partial charge in [0, 0.05) is 13.1 Å². The molecular formula is C15H25ClN2. The number of hydrogen-bond acceptors (Lipinski definition) is 2. The summed E-state index contributed by atoms with van der Waals surface area (Å²) in [5, 5.41) is 3.28. The third kappa shape index (κ3) is 3.98. The SMILES string of the molecule is CNCC1CCN(Cc2ccc(C)c(C)c2)C1.Cl. The lowest BCUT2D eigenvalue weighted by Crippen LogP contribution is -2.24. The Hall–Kier alpha value is -0.570. The third-order valence-corrected chi connectivity index (χ3v) is 3.84. The van der Waals surface area contributed by atoms with Crippen LogP contribution in [0.2, 0.25) is 0 Å². The second-order valence-electron chi connectivity index (χ2n) is 5.37. The molecule has 1 atom stereocenters. The van der Waals surface area contributed by atoms with E-state index in [-0.39, 0.29) is 12.4 Å². The van der Waals surface area contributed by atoms with Crippen LogP contribution in [0.3, 0.4) is 0 Å². The molecule has 2 nitrogen and oxygen atoms in total. The van der Waals surface area contributed by atoms with Crippen molar-refractivity contribution in [1.29, 1.82) is 0 Å². The van der Waals surface area contributed by atoms with Crippen molar-refractivity contribution in [2.45, 2.75) is 26.8 Å². The summed E-state index contributed by atoms with van der Waals surface area (Å²) in [6, 6.07) is 6.85. The largest absolute Gasteiger partial charge is 0.319 e. The van der Waals surface area contributed by atoms with Crippen LogP contribution in [0.15, 0.2) is 18.2 Å². The first-order valence-electron chi connectivity index (χ1n) is 6.62. The Balaban J connectivity index is 0.00000162. The first kappa shape index (κ1) is 15.5. The number of halogens is 1. The summed E-state index contributed by atoms with van der Waals surface area (Å²) in [5.41, 5.74) is 4.26. The molecule has 3 heteroatoms. The Morgan fingerprint density at radius 2 is 2.06 bits per heavy atom. The number of likely N-dealkylation sites (tertiary alicyclic amines) is 1. The summed E-state index contributed by atoms with van der Waals surface area (Å²) < 4.78 is 0. The number of hydrogen-bond donors (Lipinski definition) is 1. The van der Waals surface area contributed by atoms with Gasteiger partial charge in [0.2, 0.25) is 0 Å². The van der Waals surface area contributed by atoms with Gasteiger partial charge < -0.3 is 5.32 Å². The maximum absolute atomic E-state index is 3.28. The van der Waals surface area contributed by atoms with E-state index in [1.807, 2.05) is 7.05 Å². The summed E-state index contributed by atoms with van der Waals surface area (Å²) in [7, 11) is 2.05. The van der Waals surface area contributed by atoms with Gasteiger partial charge >= 0.3 is 0 Å². The highest BCUT2D eigenvalue weighted by Gasteiger charge is 2.21. The number of nitrogens with one attached hydrogen (secondary N) is 1. The fourth-order valence-electron chi connectivity index (χ4n) is 2.67. The van der Waals surface area contributed by atoms with Gasteiger partial charge in [-0.2, -0.15) is 0 Å². The highest BCUT2D eigenvalue weighted by Crippen LogP contribution is 2.19. The Bertz CT molecular complexity index is 379. The van der Waals surface area contributed by atoms with Crippen LogP contribution in [-0.4, -0.2) is 31.6 Å². The van der Waals surface area contributed by atoms with Gasteiger partial charge in [0.15, 0.2) is 0 Å². The zero-order valence-electron chi connectivity index (χ0n) is 11.7. The zero-order valence-corrected chi connectivity index (χ0v) is 12.5. The van der Waals surface area contributed by atoms with Crippen LogP contribution in [0.25, 0.3) is 0 Å². The molecule has 1 aromatic carbocycles. The molecule has 0 bridgehead atoms. The monoisotopic (exact) mass is 268 g/mol. The number of benzene rings is 1. The summed E-state index contributed by atoms with van der Waals surface area (Å²) in [6.45, 7) is 9.14. The second kappa shape index (κ2) is 7.13. The summed E-state index contributed by atoms with van der Waals surface area (Å²) in [6.07, 6.45) is 1.34. The molecule has 102 valence electrons. The van der Waals surface area contributed by atoms with E-state index in [2.05, 4.69) is 42.3 Å². The Labute approximate surface area is 117 Å². The molecule has 0 aromatic heterocycles. The quantitative estimate of drug-likeness (QED) is 0.903. The highest BCUT2D eigenvalue weighted by atomic mass is 35.5. The number of rotatable bonds is 4. The minimum absolute atomic E-state index is 0. The van der Waals surface area contributed by atoms with E-state index in [1.165, 1.54) is 36.2 Å². The van der Waals surface area contributed by atoms with Gasteiger partial charge in [-0.05, 0) is 63.0 Å². The fraction of sp³-hybridized carbons (Fsp3) is 0.600. The van der Waals surface area contributed by atoms with Crippen molar-refractivity contribution < 1.29 is 0 Å². The van der Waals surface area contributed by atoms with Crippen LogP contribution in [0.1, 0.15) is 23.1 Å². The van der Waals surface area contributed by atoms with Gasteiger partial charge in [-0.15, -0.1) is 12.4 Å². The minimum Gasteiger partial charge on any atom is -0.319 e. The van der Waals surface area contributed by atoms with Crippen LogP contribution in [0.5, 0.6) is 0 Å². The van der Waals surface area contributed by atoms with Gasteiger partial charge in [-0.3, -0.25) is 4.90 Å². The molecule has 0 amide bonds. The van der Waals surface area contributed by atoms with Crippen molar-refractivity contribution in [2.75, 3.05) is 26.7 Å². The normalized spacial score (nSPS) is 19.8. The molecule has 1 N–H and O–H groups in total. The predicted octanol–water partition coefficient (Wildman–Crippen LogP) is 2.77. The molecule has 1 saturated heterocycles. The average Bonchev–Trinajstić information content (AvgIpc) is 2.72. The Kier molecular flexibility index (Phi) is 6.13. The molecule has 1 aliphatic heterocycles. The molecule has 1 heterocycles. The molecule has 0 aliphatic carbocycles. The third-order valence-electron chi connectivity index (χ3n) is 3.84. The molecule has 0 saturated carbocycles. The summed E-state index contributed by atoms with van der Waals surface area (Å²) in [5.74, 6) is 0.839. The standard InChI is InChI=1S/C15H24N2.ClH/c1-12-4-5-14(8-13(12)2)10-17-7-6-15(11-17)9-16-3;/h4-5,8,15-16H,6-7,9-11H2,1-3H3;1H. The topological polar surface area (TPSA) is 15.3 Å². The predicted molar refractivity (Wildman–Crippen MR) is 80.5 cm³/mol.